The van der Waals surface area contributed by atoms with Crippen LogP contribution in [-0.2, 0) is 6.42 Å². The van der Waals surface area contributed by atoms with E-state index in [0.29, 0.717) is 0 Å². The lowest BCUT2D eigenvalue weighted by Gasteiger charge is -2.19. The summed E-state index contributed by atoms with van der Waals surface area (Å²) in [4.78, 5) is 0. The molecule has 100 valence electrons. The summed E-state index contributed by atoms with van der Waals surface area (Å²) in [6, 6.07) is 8.29. The van der Waals surface area contributed by atoms with Crippen LogP contribution in [0.5, 0.6) is 0 Å². The number of hydrogen-bond acceptors (Lipinski definition) is 2. The Kier molecular flexibility index (Phi) is 4.23. The first-order valence-electron chi connectivity index (χ1n) is 6.75. The van der Waals surface area contributed by atoms with Gasteiger partial charge in [0.1, 0.15) is 11.9 Å². The van der Waals surface area contributed by atoms with E-state index in [0.717, 1.165) is 24.0 Å². The monoisotopic (exact) mass is 256 g/mol. The third-order valence-electron chi connectivity index (χ3n) is 3.51. The van der Waals surface area contributed by atoms with E-state index in [2.05, 4.69) is 26.0 Å². The molecule has 2 N–H and O–H groups in total. The van der Waals surface area contributed by atoms with E-state index in [9.17, 15) is 10.2 Å². The van der Waals surface area contributed by atoms with Crippen molar-refractivity contribution in [1.82, 2.24) is 0 Å². The summed E-state index contributed by atoms with van der Waals surface area (Å²) in [5, 5.41) is 19.5. The van der Waals surface area contributed by atoms with Crippen LogP contribution in [0.3, 0.4) is 0 Å². The van der Waals surface area contributed by atoms with Crippen LogP contribution in [0.4, 0.5) is 0 Å². The topological polar surface area (TPSA) is 40.5 Å². The maximum atomic E-state index is 10.1. The molecule has 0 fully saturated rings. The van der Waals surface area contributed by atoms with Gasteiger partial charge in [0.05, 0.1) is 0 Å². The van der Waals surface area contributed by atoms with Gasteiger partial charge < -0.3 is 10.2 Å². The number of aryl methyl sites for hydroxylation is 1. The van der Waals surface area contributed by atoms with E-state index in [4.69, 9.17) is 0 Å². The minimum atomic E-state index is -0.732. The molecule has 1 aliphatic rings. The molecular weight excluding hydrogens is 236 g/mol. The Balaban J connectivity index is 2.54. The van der Waals surface area contributed by atoms with Gasteiger partial charge in [-0.1, -0.05) is 44.2 Å². The molecule has 0 saturated carbocycles. The lowest BCUT2D eigenvalue weighted by molar-refractivity contribution is 0.254. The molecule has 0 aromatic heterocycles. The van der Waals surface area contributed by atoms with E-state index in [1.807, 2.05) is 18.2 Å². The Labute approximate surface area is 114 Å². The van der Waals surface area contributed by atoms with E-state index in [1.54, 1.807) is 6.08 Å². The second kappa shape index (κ2) is 5.89. The summed E-state index contributed by atoms with van der Waals surface area (Å²) in [5.74, 6) is 0.121. The molecule has 1 aromatic rings. The van der Waals surface area contributed by atoms with Crippen LogP contribution in [0.2, 0.25) is 0 Å². The number of rotatable bonds is 3. The molecular formula is C17H20O2. The van der Waals surface area contributed by atoms with Gasteiger partial charge in [-0.2, -0.15) is 0 Å². The first kappa shape index (κ1) is 13.6. The fraction of sp³-hybridized carbons (Fsp3) is 0.294. The van der Waals surface area contributed by atoms with E-state index >= 15 is 0 Å². The number of benzene rings is 1. The molecule has 0 saturated heterocycles. The zero-order chi connectivity index (χ0) is 13.8. The van der Waals surface area contributed by atoms with Gasteiger partial charge in [0.2, 0.25) is 0 Å². The van der Waals surface area contributed by atoms with Crippen LogP contribution < -0.4 is 0 Å². The Morgan fingerprint density at radius 1 is 1.16 bits per heavy atom. The smallest absolute Gasteiger partial charge is 0.114 e. The van der Waals surface area contributed by atoms with Crippen molar-refractivity contribution in [2.75, 3.05) is 0 Å². The largest absolute Gasteiger partial charge is 0.508 e. The third kappa shape index (κ3) is 2.79. The zero-order valence-corrected chi connectivity index (χ0v) is 11.4. The summed E-state index contributed by atoms with van der Waals surface area (Å²) in [5.41, 5.74) is 4.50. The van der Waals surface area contributed by atoms with Gasteiger partial charge in [-0.25, -0.2) is 0 Å². The molecule has 1 atom stereocenters. The SMILES string of the molecule is CCC(=C1C=CC(O)=CC1O)c1ccccc1CC. The molecule has 1 aliphatic carbocycles. The maximum absolute atomic E-state index is 10.1. The number of aliphatic hydroxyl groups excluding tert-OH is 2. The molecule has 0 radical (unpaired) electrons. The van der Waals surface area contributed by atoms with Gasteiger partial charge in [0.15, 0.2) is 0 Å². The highest BCUT2D eigenvalue weighted by molar-refractivity contribution is 5.74. The number of aliphatic hydroxyl groups is 2. The van der Waals surface area contributed by atoms with Gasteiger partial charge in [-0.3, -0.25) is 0 Å². The summed E-state index contributed by atoms with van der Waals surface area (Å²) in [7, 11) is 0. The molecule has 2 rings (SSSR count). The van der Waals surface area contributed by atoms with Crippen LogP contribution in [0.1, 0.15) is 31.4 Å². The highest BCUT2D eigenvalue weighted by atomic mass is 16.3. The quantitative estimate of drug-likeness (QED) is 0.864. The fourth-order valence-electron chi connectivity index (χ4n) is 2.53. The van der Waals surface area contributed by atoms with Crippen molar-refractivity contribution in [3.05, 3.63) is 65.0 Å². The molecule has 2 heteroatoms. The van der Waals surface area contributed by atoms with Gasteiger partial charge in [-0.15, -0.1) is 0 Å². The van der Waals surface area contributed by atoms with Crippen LogP contribution in [0.25, 0.3) is 5.57 Å². The first-order chi connectivity index (χ1) is 9.17. The van der Waals surface area contributed by atoms with Gasteiger partial charge >= 0.3 is 0 Å². The van der Waals surface area contributed by atoms with Crippen molar-refractivity contribution in [1.29, 1.82) is 0 Å². The highest BCUT2D eigenvalue weighted by Gasteiger charge is 2.17. The number of allylic oxidation sites excluding steroid dienone is 2. The van der Waals surface area contributed by atoms with Crippen LogP contribution in [0, 0.1) is 0 Å². The standard InChI is InChI=1S/C17H20O2/c1-3-12-7-5-6-8-15(12)14(4-2)16-10-9-13(18)11-17(16)19/h5-11,17-19H,3-4H2,1-2H3. The summed E-state index contributed by atoms with van der Waals surface area (Å²) in [6.07, 6.45) is 6.00. The Bertz CT molecular complexity index is 550. The van der Waals surface area contributed by atoms with Gasteiger partial charge in [0, 0.05) is 0 Å². The molecule has 0 heterocycles. The van der Waals surface area contributed by atoms with Crippen LogP contribution >= 0.6 is 0 Å². The molecule has 0 aliphatic heterocycles. The second-order valence-corrected chi connectivity index (χ2v) is 4.67. The zero-order valence-electron chi connectivity index (χ0n) is 11.4. The molecule has 0 bridgehead atoms. The van der Waals surface area contributed by atoms with Gasteiger partial charge in [0.25, 0.3) is 0 Å². The number of hydrogen-bond donors (Lipinski definition) is 2. The van der Waals surface area contributed by atoms with E-state index in [-0.39, 0.29) is 5.76 Å². The van der Waals surface area contributed by atoms with Crippen molar-refractivity contribution >= 4 is 5.57 Å². The lowest BCUT2D eigenvalue weighted by atomic mass is 9.88. The predicted molar refractivity (Wildman–Crippen MR) is 78.9 cm³/mol. The summed E-state index contributed by atoms with van der Waals surface area (Å²) in [6.45, 7) is 4.23. The maximum Gasteiger partial charge on any atom is 0.114 e. The normalized spacial score (nSPS) is 21.2. The van der Waals surface area contributed by atoms with Crippen LogP contribution in [-0.4, -0.2) is 16.3 Å². The van der Waals surface area contributed by atoms with Gasteiger partial charge in [-0.05, 0) is 47.3 Å². The van der Waals surface area contributed by atoms with Crippen molar-refractivity contribution in [2.45, 2.75) is 32.8 Å². The van der Waals surface area contributed by atoms with Crippen molar-refractivity contribution < 1.29 is 10.2 Å². The Morgan fingerprint density at radius 3 is 2.53 bits per heavy atom. The third-order valence-corrected chi connectivity index (χ3v) is 3.51. The van der Waals surface area contributed by atoms with Crippen molar-refractivity contribution in [3.8, 4) is 0 Å². The Morgan fingerprint density at radius 2 is 1.89 bits per heavy atom. The minimum absolute atomic E-state index is 0.121. The minimum Gasteiger partial charge on any atom is -0.508 e. The average molecular weight is 256 g/mol. The average Bonchev–Trinajstić information content (AvgIpc) is 2.42. The lowest BCUT2D eigenvalue weighted by Crippen LogP contribution is -2.12. The van der Waals surface area contributed by atoms with E-state index < -0.39 is 6.10 Å². The highest BCUT2D eigenvalue weighted by Crippen LogP contribution is 2.30. The summed E-state index contributed by atoms with van der Waals surface area (Å²) < 4.78 is 0. The first-order valence-corrected chi connectivity index (χ1v) is 6.75. The fourth-order valence-corrected chi connectivity index (χ4v) is 2.53. The molecule has 1 unspecified atom stereocenters. The molecule has 2 nitrogen and oxygen atoms in total. The van der Waals surface area contributed by atoms with Crippen molar-refractivity contribution in [2.24, 2.45) is 0 Å². The molecule has 0 amide bonds. The predicted octanol–water partition coefficient (Wildman–Crippen LogP) is 3.79. The summed E-state index contributed by atoms with van der Waals surface area (Å²) >= 11 is 0. The van der Waals surface area contributed by atoms with Crippen LogP contribution in [0.15, 0.2) is 53.8 Å². The molecule has 0 spiro atoms. The Hall–Kier alpha value is -1.80. The molecule has 1 aromatic carbocycles. The second-order valence-electron chi connectivity index (χ2n) is 4.67. The van der Waals surface area contributed by atoms with E-state index in [1.165, 1.54) is 17.2 Å². The van der Waals surface area contributed by atoms with Crippen molar-refractivity contribution in [3.63, 3.8) is 0 Å². The molecule has 19 heavy (non-hydrogen) atoms.